The van der Waals surface area contributed by atoms with E-state index in [0.29, 0.717) is 19.6 Å². The van der Waals surface area contributed by atoms with E-state index in [9.17, 15) is 4.79 Å². The summed E-state index contributed by atoms with van der Waals surface area (Å²) in [5.74, 6) is 0. The van der Waals surface area contributed by atoms with E-state index in [2.05, 4.69) is 27.8 Å². The number of ether oxygens (including phenoxy) is 1. The van der Waals surface area contributed by atoms with Crippen molar-refractivity contribution in [2.45, 2.75) is 32.5 Å². The van der Waals surface area contributed by atoms with Crippen LogP contribution in [0.25, 0.3) is 0 Å². The summed E-state index contributed by atoms with van der Waals surface area (Å²) in [6, 6.07) is 6.09. The van der Waals surface area contributed by atoms with Gasteiger partial charge in [0.15, 0.2) is 0 Å². The molecule has 2 atom stereocenters. The molecule has 0 aromatic carbocycles. The van der Waals surface area contributed by atoms with E-state index in [0.717, 1.165) is 23.2 Å². The third-order valence-corrected chi connectivity index (χ3v) is 4.83. The van der Waals surface area contributed by atoms with Crippen molar-refractivity contribution in [3.05, 3.63) is 52.0 Å². The molecule has 128 valence electrons. The molecule has 2 amide bonds. The highest BCUT2D eigenvalue weighted by Crippen LogP contribution is 2.26. The minimum absolute atomic E-state index is 0.0227. The number of hydrogen-bond acceptors (Lipinski definition) is 4. The minimum atomic E-state index is -0.0351. The summed E-state index contributed by atoms with van der Waals surface area (Å²) >= 11 is 1.65. The molecule has 3 rings (SSSR count). The molecule has 0 aliphatic carbocycles. The molecule has 0 spiro atoms. The first-order valence-electron chi connectivity index (χ1n) is 8.23. The molecule has 6 heteroatoms. The Hall–Kier alpha value is -1.92. The van der Waals surface area contributed by atoms with Crippen molar-refractivity contribution in [3.8, 4) is 0 Å². The largest absolute Gasteiger partial charge is 0.367 e. The van der Waals surface area contributed by atoms with E-state index in [1.807, 2.05) is 36.4 Å². The lowest BCUT2D eigenvalue weighted by atomic mass is 10.1. The number of rotatable bonds is 4. The molecule has 2 aromatic heterocycles. The number of pyridine rings is 1. The monoisotopic (exact) mass is 345 g/mol. The highest BCUT2D eigenvalue weighted by atomic mass is 32.1. The van der Waals surface area contributed by atoms with Gasteiger partial charge in [-0.05, 0) is 54.3 Å². The fraction of sp³-hybridized carbons (Fsp3) is 0.444. The summed E-state index contributed by atoms with van der Waals surface area (Å²) in [5.41, 5.74) is 3.28. The van der Waals surface area contributed by atoms with Crippen molar-refractivity contribution < 1.29 is 9.53 Å². The number of thiophene rings is 1. The molecule has 1 N–H and O–H groups in total. The number of aromatic nitrogens is 1. The maximum Gasteiger partial charge on any atom is 0.317 e. The van der Waals surface area contributed by atoms with Crippen LogP contribution in [0.5, 0.6) is 0 Å². The Kier molecular flexibility index (Phi) is 5.48. The summed E-state index contributed by atoms with van der Waals surface area (Å²) < 4.78 is 5.97. The van der Waals surface area contributed by atoms with Gasteiger partial charge in [-0.3, -0.25) is 4.98 Å². The lowest BCUT2D eigenvalue weighted by molar-refractivity contribution is -0.0654. The predicted molar refractivity (Wildman–Crippen MR) is 95.3 cm³/mol. The first-order valence-corrected chi connectivity index (χ1v) is 9.18. The van der Waals surface area contributed by atoms with Gasteiger partial charge in [-0.2, -0.15) is 11.3 Å². The molecule has 0 bridgehead atoms. The average molecular weight is 345 g/mol. The Morgan fingerprint density at radius 2 is 2.29 bits per heavy atom. The van der Waals surface area contributed by atoms with Crippen molar-refractivity contribution >= 4 is 17.4 Å². The normalized spacial score (nSPS) is 20.8. The molecular formula is C18H23N3O2S. The Balaban J connectivity index is 1.51. The Morgan fingerprint density at radius 3 is 3.00 bits per heavy atom. The van der Waals surface area contributed by atoms with E-state index in [1.165, 1.54) is 0 Å². The zero-order chi connectivity index (χ0) is 16.9. The molecule has 24 heavy (non-hydrogen) atoms. The third kappa shape index (κ3) is 4.33. The van der Waals surface area contributed by atoms with Gasteiger partial charge in [0.25, 0.3) is 0 Å². The number of hydrogen-bond donors (Lipinski definition) is 1. The quantitative estimate of drug-likeness (QED) is 0.926. The molecule has 2 unspecified atom stereocenters. The van der Waals surface area contributed by atoms with E-state index >= 15 is 0 Å². The summed E-state index contributed by atoms with van der Waals surface area (Å²) in [6.07, 6.45) is 2.65. The molecule has 1 aliphatic rings. The Morgan fingerprint density at radius 1 is 1.42 bits per heavy atom. The van der Waals surface area contributed by atoms with Crippen LogP contribution in [-0.2, 0) is 11.2 Å². The van der Waals surface area contributed by atoms with Crippen LogP contribution in [0.4, 0.5) is 4.79 Å². The number of carbonyl (C=O) groups excluding carboxylic acids is 1. The topological polar surface area (TPSA) is 54.5 Å². The van der Waals surface area contributed by atoms with Gasteiger partial charge in [0.05, 0.1) is 12.6 Å². The van der Waals surface area contributed by atoms with Crippen molar-refractivity contribution in [2.24, 2.45) is 0 Å². The van der Waals surface area contributed by atoms with E-state index in [4.69, 9.17) is 4.74 Å². The van der Waals surface area contributed by atoms with Crippen LogP contribution in [0.2, 0.25) is 0 Å². The van der Waals surface area contributed by atoms with Gasteiger partial charge in [-0.1, -0.05) is 6.07 Å². The Bertz CT molecular complexity index is 657. The third-order valence-electron chi connectivity index (χ3n) is 4.12. The standard InChI is InChI=1S/C18H23N3O2S/c1-13-3-4-15(9-20-13)5-7-19-18(22)21-10-14(2)23-17(11-21)16-6-8-24-12-16/h3-4,6,8-9,12,14,17H,5,7,10-11H2,1-2H3,(H,19,22). The second-order valence-corrected chi connectivity index (χ2v) is 6.97. The smallest absolute Gasteiger partial charge is 0.317 e. The number of nitrogens with one attached hydrogen (secondary N) is 1. The second-order valence-electron chi connectivity index (χ2n) is 6.19. The lowest BCUT2D eigenvalue weighted by Gasteiger charge is -2.36. The molecule has 0 saturated carbocycles. The number of morpholine rings is 1. The second kappa shape index (κ2) is 7.77. The maximum absolute atomic E-state index is 12.4. The number of nitrogens with zero attached hydrogens (tertiary/aromatic N) is 2. The summed E-state index contributed by atoms with van der Waals surface area (Å²) in [7, 11) is 0. The van der Waals surface area contributed by atoms with Crippen LogP contribution in [-0.4, -0.2) is 41.7 Å². The van der Waals surface area contributed by atoms with Gasteiger partial charge in [-0.15, -0.1) is 0 Å². The van der Waals surface area contributed by atoms with Crippen LogP contribution in [0.3, 0.4) is 0 Å². The van der Waals surface area contributed by atoms with Crippen LogP contribution in [0.15, 0.2) is 35.2 Å². The zero-order valence-corrected chi connectivity index (χ0v) is 14.9. The summed E-state index contributed by atoms with van der Waals surface area (Å²) in [6.45, 7) is 5.81. The molecule has 3 heterocycles. The van der Waals surface area contributed by atoms with E-state index in [-0.39, 0.29) is 18.2 Å². The first kappa shape index (κ1) is 16.9. The van der Waals surface area contributed by atoms with Gasteiger partial charge in [-0.25, -0.2) is 4.79 Å². The highest BCUT2D eigenvalue weighted by Gasteiger charge is 2.29. The number of carbonyl (C=O) groups is 1. The lowest BCUT2D eigenvalue weighted by Crippen LogP contribution is -2.50. The van der Waals surface area contributed by atoms with Crippen molar-refractivity contribution in [2.75, 3.05) is 19.6 Å². The summed E-state index contributed by atoms with van der Waals surface area (Å²) in [5, 5.41) is 7.13. The van der Waals surface area contributed by atoms with Crippen LogP contribution >= 0.6 is 11.3 Å². The average Bonchev–Trinajstić information content (AvgIpc) is 3.10. The molecule has 5 nitrogen and oxygen atoms in total. The van der Waals surface area contributed by atoms with E-state index < -0.39 is 0 Å². The fourth-order valence-electron chi connectivity index (χ4n) is 2.83. The van der Waals surface area contributed by atoms with Gasteiger partial charge in [0.1, 0.15) is 6.10 Å². The number of aryl methyl sites for hydroxylation is 1. The maximum atomic E-state index is 12.4. The van der Waals surface area contributed by atoms with Crippen molar-refractivity contribution in [1.82, 2.24) is 15.2 Å². The van der Waals surface area contributed by atoms with Crippen LogP contribution < -0.4 is 5.32 Å². The SMILES string of the molecule is Cc1ccc(CCNC(=O)N2CC(C)OC(c3ccsc3)C2)cn1. The molecule has 1 saturated heterocycles. The molecule has 0 radical (unpaired) electrons. The zero-order valence-electron chi connectivity index (χ0n) is 14.1. The number of amides is 2. The fourth-order valence-corrected chi connectivity index (χ4v) is 3.53. The Labute approximate surface area is 146 Å². The predicted octanol–water partition coefficient (Wildman–Crippen LogP) is 3.17. The van der Waals surface area contributed by atoms with E-state index in [1.54, 1.807) is 11.3 Å². The van der Waals surface area contributed by atoms with Gasteiger partial charge >= 0.3 is 6.03 Å². The highest BCUT2D eigenvalue weighted by molar-refractivity contribution is 7.07. The van der Waals surface area contributed by atoms with Crippen LogP contribution in [0, 0.1) is 6.92 Å². The molecule has 2 aromatic rings. The molecule has 1 fully saturated rings. The minimum Gasteiger partial charge on any atom is -0.367 e. The van der Waals surface area contributed by atoms with Gasteiger partial charge in [0, 0.05) is 25.0 Å². The van der Waals surface area contributed by atoms with Gasteiger partial charge in [0.2, 0.25) is 0 Å². The van der Waals surface area contributed by atoms with Gasteiger partial charge < -0.3 is 15.0 Å². The molecular weight excluding hydrogens is 322 g/mol. The molecule has 1 aliphatic heterocycles. The number of urea groups is 1. The first-order chi connectivity index (χ1) is 11.6. The van der Waals surface area contributed by atoms with Crippen molar-refractivity contribution in [3.63, 3.8) is 0 Å². The summed E-state index contributed by atoms with van der Waals surface area (Å²) in [4.78, 5) is 18.6. The van der Waals surface area contributed by atoms with Crippen LogP contribution in [0.1, 0.15) is 29.8 Å². The van der Waals surface area contributed by atoms with Crippen molar-refractivity contribution in [1.29, 1.82) is 0 Å².